The summed E-state index contributed by atoms with van der Waals surface area (Å²) in [6.45, 7) is 1.69. The molecule has 3 rings (SSSR count). The van der Waals surface area contributed by atoms with Crippen LogP contribution in [0.1, 0.15) is 21.7 Å². The molecule has 0 bridgehead atoms. The van der Waals surface area contributed by atoms with Crippen LogP contribution in [0.15, 0.2) is 35.7 Å². The van der Waals surface area contributed by atoms with Gasteiger partial charge in [-0.15, -0.1) is 11.3 Å². The van der Waals surface area contributed by atoms with Crippen molar-refractivity contribution in [1.29, 1.82) is 0 Å². The van der Waals surface area contributed by atoms with Crippen molar-refractivity contribution in [2.24, 2.45) is 0 Å². The minimum atomic E-state index is -0.619. The topological polar surface area (TPSA) is 40.6 Å². The fourth-order valence-electron chi connectivity index (χ4n) is 2.86. The summed E-state index contributed by atoms with van der Waals surface area (Å²) in [7, 11) is 0. The van der Waals surface area contributed by atoms with Gasteiger partial charge in [0.05, 0.1) is 10.6 Å². The highest BCUT2D eigenvalue weighted by molar-refractivity contribution is 7.09. The molecule has 7 heteroatoms. The lowest BCUT2D eigenvalue weighted by Gasteiger charge is -2.35. The number of rotatable bonds is 4. The van der Waals surface area contributed by atoms with Crippen molar-refractivity contribution in [1.82, 2.24) is 9.80 Å². The number of thiophene rings is 1. The molecule has 4 nitrogen and oxygen atoms in total. The van der Waals surface area contributed by atoms with Gasteiger partial charge in [0.2, 0.25) is 5.91 Å². The van der Waals surface area contributed by atoms with E-state index >= 15 is 0 Å². The number of nitrogens with zero attached hydrogens (tertiary/aromatic N) is 2. The average molecular weight is 381 g/mol. The molecule has 0 radical (unpaired) electrons. The van der Waals surface area contributed by atoms with Crippen LogP contribution in [0.4, 0.5) is 4.39 Å². The van der Waals surface area contributed by atoms with Gasteiger partial charge in [-0.25, -0.2) is 4.39 Å². The molecule has 132 valence electrons. The van der Waals surface area contributed by atoms with Crippen LogP contribution in [-0.2, 0) is 11.2 Å². The second-order valence-corrected chi connectivity index (χ2v) is 7.29. The summed E-state index contributed by atoms with van der Waals surface area (Å²) >= 11 is 7.61. The normalized spacial score (nSPS) is 14.6. The van der Waals surface area contributed by atoms with Gasteiger partial charge in [0, 0.05) is 37.5 Å². The second-order valence-electron chi connectivity index (χ2n) is 5.85. The van der Waals surface area contributed by atoms with Gasteiger partial charge in [0.25, 0.3) is 5.91 Å². The quantitative estimate of drug-likeness (QED) is 0.815. The van der Waals surface area contributed by atoms with Crippen LogP contribution < -0.4 is 0 Å². The number of hydrogen-bond donors (Lipinski definition) is 0. The molecule has 1 fully saturated rings. The van der Waals surface area contributed by atoms with E-state index in [4.69, 9.17) is 11.6 Å². The molecule has 0 unspecified atom stereocenters. The molecule has 2 amide bonds. The van der Waals surface area contributed by atoms with Crippen LogP contribution in [-0.4, -0.2) is 47.8 Å². The van der Waals surface area contributed by atoms with Crippen LogP contribution in [0.2, 0.25) is 5.02 Å². The standard InChI is InChI=1S/C18H18ClFN2O2S/c19-14-4-1-5-15(20)17(14)18(24)22-10-8-21(9-11-22)16(23)7-6-13-3-2-12-25-13/h1-5,12H,6-11H2. The van der Waals surface area contributed by atoms with Crippen LogP contribution in [0, 0.1) is 5.82 Å². The minimum absolute atomic E-state index is 0.0874. The Bertz CT molecular complexity index is 738. The predicted molar refractivity (Wildman–Crippen MR) is 96.5 cm³/mol. The van der Waals surface area contributed by atoms with Crippen LogP contribution in [0.3, 0.4) is 0 Å². The lowest BCUT2D eigenvalue weighted by molar-refractivity contribution is -0.132. The molecule has 1 aromatic heterocycles. The third-order valence-electron chi connectivity index (χ3n) is 4.26. The highest BCUT2D eigenvalue weighted by Crippen LogP contribution is 2.21. The van der Waals surface area contributed by atoms with Gasteiger partial charge in [-0.3, -0.25) is 9.59 Å². The highest BCUT2D eigenvalue weighted by atomic mass is 35.5. The van der Waals surface area contributed by atoms with Crippen molar-refractivity contribution in [3.63, 3.8) is 0 Å². The number of carbonyl (C=O) groups is 2. The van der Waals surface area contributed by atoms with E-state index in [0.717, 1.165) is 6.42 Å². The molecule has 1 saturated heterocycles. The molecule has 0 N–H and O–H groups in total. The summed E-state index contributed by atoms with van der Waals surface area (Å²) in [6, 6.07) is 8.19. The van der Waals surface area contributed by atoms with E-state index in [0.29, 0.717) is 32.6 Å². The molecule has 1 aliphatic heterocycles. The zero-order chi connectivity index (χ0) is 17.8. The Balaban J connectivity index is 1.54. The fourth-order valence-corrected chi connectivity index (χ4v) is 3.82. The molecular formula is C18H18ClFN2O2S. The van der Waals surface area contributed by atoms with Gasteiger partial charge in [-0.2, -0.15) is 0 Å². The summed E-state index contributed by atoms with van der Waals surface area (Å²) < 4.78 is 13.9. The van der Waals surface area contributed by atoms with Crippen molar-refractivity contribution in [3.05, 3.63) is 57.0 Å². The third-order valence-corrected chi connectivity index (χ3v) is 5.51. The number of benzene rings is 1. The molecule has 0 saturated carbocycles. The van der Waals surface area contributed by atoms with E-state index in [2.05, 4.69) is 0 Å². The Kier molecular flexibility index (Phi) is 5.71. The molecular weight excluding hydrogens is 363 g/mol. The van der Waals surface area contributed by atoms with Crippen LogP contribution in [0.25, 0.3) is 0 Å². The predicted octanol–water partition coefficient (Wildman–Crippen LogP) is 3.46. The van der Waals surface area contributed by atoms with Gasteiger partial charge >= 0.3 is 0 Å². The molecule has 2 aromatic rings. The lowest BCUT2D eigenvalue weighted by Crippen LogP contribution is -2.50. The molecule has 1 aliphatic rings. The summed E-state index contributed by atoms with van der Waals surface area (Å²) in [4.78, 5) is 29.3. The van der Waals surface area contributed by atoms with Crippen molar-refractivity contribution in [2.45, 2.75) is 12.8 Å². The maximum atomic E-state index is 13.9. The smallest absolute Gasteiger partial charge is 0.258 e. The zero-order valence-corrected chi connectivity index (χ0v) is 15.2. The SMILES string of the molecule is O=C(CCc1cccs1)N1CCN(C(=O)c2c(F)cccc2Cl)CC1. The average Bonchev–Trinajstić information content (AvgIpc) is 3.13. The number of hydrogen-bond acceptors (Lipinski definition) is 3. The molecule has 0 spiro atoms. The van der Waals surface area contributed by atoms with E-state index in [1.165, 1.54) is 23.1 Å². The van der Waals surface area contributed by atoms with Crippen LogP contribution >= 0.6 is 22.9 Å². The highest BCUT2D eigenvalue weighted by Gasteiger charge is 2.27. The van der Waals surface area contributed by atoms with Crippen molar-refractivity contribution >= 4 is 34.8 Å². The van der Waals surface area contributed by atoms with E-state index in [1.54, 1.807) is 21.1 Å². The lowest BCUT2D eigenvalue weighted by atomic mass is 10.1. The Hall–Kier alpha value is -1.92. The number of aryl methyl sites for hydroxylation is 1. The maximum absolute atomic E-state index is 13.9. The number of carbonyl (C=O) groups excluding carboxylic acids is 2. The molecule has 0 atom stereocenters. The first-order valence-electron chi connectivity index (χ1n) is 8.09. The second kappa shape index (κ2) is 7.97. The number of piperazine rings is 1. The first kappa shape index (κ1) is 17.9. The molecule has 1 aromatic carbocycles. The van der Waals surface area contributed by atoms with Gasteiger partial charge in [0.1, 0.15) is 5.82 Å². The minimum Gasteiger partial charge on any atom is -0.339 e. The van der Waals surface area contributed by atoms with E-state index < -0.39 is 11.7 Å². The van der Waals surface area contributed by atoms with Crippen molar-refractivity contribution in [2.75, 3.05) is 26.2 Å². The summed E-state index contributed by atoms with van der Waals surface area (Å²) in [5, 5.41) is 2.11. The van der Waals surface area contributed by atoms with Gasteiger partial charge in [-0.05, 0) is 30.0 Å². The molecule has 2 heterocycles. The van der Waals surface area contributed by atoms with Gasteiger partial charge in [0.15, 0.2) is 0 Å². The zero-order valence-electron chi connectivity index (χ0n) is 13.6. The number of halogens is 2. The summed E-state index contributed by atoms with van der Waals surface area (Å²) in [5.41, 5.74) is -0.0957. The van der Waals surface area contributed by atoms with E-state index in [1.807, 2.05) is 17.5 Å². The fraction of sp³-hybridized carbons (Fsp3) is 0.333. The molecule has 0 aliphatic carbocycles. The van der Waals surface area contributed by atoms with Crippen molar-refractivity contribution in [3.8, 4) is 0 Å². The van der Waals surface area contributed by atoms with E-state index in [-0.39, 0.29) is 16.5 Å². The Morgan fingerprint density at radius 2 is 1.80 bits per heavy atom. The monoisotopic (exact) mass is 380 g/mol. The van der Waals surface area contributed by atoms with Gasteiger partial charge < -0.3 is 9.80 Å². The van der Waals surface area contributed by atoms with Crippen molar-refractivity contribution < 1.29 is 14.0 Å². The largest absolute Gasteiger partial charge is 0.339 e. The number of amides is 2. The Morgan fingerprint density at radius 3 is 2.44 bits per heavy atom. The van der Waals surface area contributed by atoms with Crippen LogP contribution in [0.5, 0.6) is 0 Å². The van der Waals surface area contributed by atoms with E-state index in [9.17, 15) is 14.0 Å². The Morgan fingerprint density at radius 1 is 1.08 bits per heavy atom. The first-order chi connectivity index (χ1) is 12.1. The summed E-state index contributed by atoms with van der Waals surface area (Å²) in [6.07, 6.45) is 1.20. The van der Waals surface area contributed by atoms with Gasteiger partial charge in [-0.1, -0.05) is 23.7 Å². The third kappa shape index (κ3) is 4.19. The maximum Gasteiger partial charge on any atom is 0.258 e. The first-order valence-corrected chi connectivity index (χ1v) is 9.35. The Labute approximate surface area is 154 Å². The molecule has 25 heavy (non-hydrogen) atoms. The summed E-state index contributed by atoms with van der Waals surface area (Å²) in [5.74, 6) is -0.954.